The molecule has 144 valence electrons. The van der Waals surface area contributed by atoms with E-state index in [-0.39, 0.29) is 10.6 Å². The van der Waals surface area contributed by atoms with E-state index < -0.39 is 0 Å². The highest BCUT2D eigenvalue weighted by Crippen LogP contribution is 2.25. The lowest BCUT2D eigenvalue weighted by atomic mass is 10.0. The van der Waals surface area contributed by atoms with Crippen LogP contribution in [0.25, 0.3) is 0 Å². The summed E-state index contributed by atoms with van der Waals surface area (Å²) >= 11 is 0. The second-order valence-corrected chi connectivity index (χ2v) is 6.92. The minimum absolute atomic E-state index is 0.101. The fourth-order valence-electron chi connectivity index (χ4n) is 3.58. The van der Waals surface area contributed by atoms with Gasteiger partial charge in [-0.15, -0.1) is 0 Å². The van der Waals surface area contributed by atoms with Crippen molar-refractivity contribution in [1.29, 1.82) is 0 Å². The Labute approximate surface area is 160 Å². The number of ether oxygens (including phenoxy) is 1. The molecule has 0 spiro atoms. The van der Waals surface area contributed by atoms with Gasteiger partial charge in [-0.05, 0) is 37.9 Å². The molecule has 6 heteroatoms. The van der Waals surface area contributed by atoms with Crippen LogP contribution in [0.2, 0.25) is 0 Å². The third-order valence-electron chi connectivity index (χ3n) is 4.89. The van der Waals surface area contributed by atoms with Gasteiger partial charge in [-0.25, -0.2) is 0 Å². The number of nitrogens with one attached hydrogen (secondary N) is 1. The van der Waals surface area contributed by atoms with E-state index in [1.165, 1.54) is 11.6 Å². The number of nitro benzene ring substituents is 1. The lowest BCUT2D eigenvalue weighted by Gasteiger charge is -2.33. The highest BCUT2D eigenvalue weighted by Gasteiger charge is 2.20. The van der Waals surface area contributed by atoms with Crippen LogP contribution in [0.5, 0.6) is 5.75 Å². The van der Waals surface area contributed by atoms with Crippen LogP contribution in [0.3, 0.4) is 0 Å². The molecule has 1 aliphatic heterocycles. The summed E-state index contributed by atoms with van der Waals surface area (Å²) in [5.41, 5.74) is 2.27. The monoisotopic (exact) mass is 369 g/mol. The molecule has 27 heavy (non-hydrogen) atoms. The summed E-state index contributed by atoms with van der Waals surface area (Å²) in [4.78, 5) is 13.2. The molecule has 1 saturated heterocycles. The van der Waals surface area contributed by atoms with Crippen LogP contribution in [0.4, 0.5) is 5.69 Å². The van der Waals surface area contributed by atoms with E-state index in [2.05, 4.69) is 34.5 Å². The van der Waals surface area contributed by atoms with Crippen LogP contribution in [0, 0.1) is 10.1 Å². The zero-order chi connectivity index (χ0) is 19.1. The van der Waals surface area contributed by atoms with Gasteiger partial charge in [0.1, 0.15) is 5.75 Å². The Hall–Kier alpha value is -2.44. The third kappa shape index (κ3) is 5.52. The van der Waals surface area contributed by atoms with Crippen LogP contribution in [0.15, 0.2) is 48.5 Å². The SMILES string of the molecule is CCOc1ccc([N+](=O)[O-])cc1CNC1CCCN(Cc2ccccc2)C1. The Balaban J connectivity index is 1.60. The van der Waals surface area contributed by atoms with Crippen molar-refractivity contribution in [2.75, 3.05) is 19.7 Å². The lowest BCUT2D eigenvalue weighted by Crippen LogP contribution is -2.45. The first-order valence-electron chi connectivity index (χ1n) is 9.55. The van der Waals surface area contributed by atoms with Crippen molar-refractivity contribution in [3.8, 4) is 5.75 Å². The Bertz CT molecular complexity index is 752. The number of non-ortho nitro benzene ring substituents is 1. The van der Waals surface area contributed by atoms with E-state index in [9.17, 15) is 10.1 Å². The Morgan fingerprint density at radius 1 is 1.26 bits per heavy atom. The molecule has 0 aromatic heterocycles. The van der Waals surface area contributed by atoms with Crippen molar-refractivity contribution in [3.63, 3.8) is 0 Å². The zero-order valence-corrected chi connectivity index (χ0v) is 15.8. The van der Waals surface area contributed by atoms with Crippen molar-refractivity contribution in [1.82, 2.24) is 10.2 Å². The van der Waals surface area contributed by atoms with E-state index in [0.717, 1.165) is 38.0 Å². The molecule has 1 heterocycles. The second kappa shape index (κ2) is 9.48. The van der Waals surface area contributed by atoms with Crippen molar-refractivity contribution >= 4 is 5.69 Å². The standard InChI is InChI=1S/C21H27N3O3/c1-2-27-21-11-10-20(24(25)26)13-18(21)14-22-19-9-6-12-23(16-19)15-17-7-4-3-5-8-17/h3-5,7-8,10-11,13,19,22H,2,6,9,12,14-16H2,1H3. The normalized spacial score (nSPS) is 17.6. The minimum Gasteiger partial charge on any atom is -0.494 e. The van der Waals surface area contributed by atoms with E-state index in [0.29, 0.717) is 24.9 Å². The number of hydrogen-bond acceptors (Lipinski definition) is 5. The van der Waals surface area contributed by atoms with Crippen LogP contribution in [-0.2, 0) is 13.1 Å². The first kappa shape index (κ1) is 19.3. The number of piperidine rings is 1. The van der Waals surface area contributed by atoms with Gasteiger partial charge >= 0.3 is 0 Å². The quantitative estimate of drug-likeness (QED) is 0.567. The molecule has 0 saturated carbocycles. The fraction of sp³-hybridized carbons (Fsp3) is 0.429. The van der Waals surface area contributed by atoms with Crippen molar-refractivity contribution in [2.24, 2.45) is 0 Å². The average Bonchev–Trinajstić information content (AvgIpc) is 2.68. The lowest BCUT2D eigenvalue weighted by molar-refractivity contribution is -0.384. The van der Waals surface area contributed by atoms with Crippen molar-refractivity contribution in [2.45, 2.75) is 38.9 Å². The van der Waals surface area contributed by atoms with Gasteiger partial charge in [-0.3, -0.25) is 15.0 Å². The number of likely N-dealkylation sites (tertiary alicyclic amines) is 1. The molecule has 0 aliphatic carbocycles. The molecule has 2 aromatic rings. The molecule has 1 atom stereocenters. The molecule has 3 rings (SSSR count). The fourth-order valence-corrected chi connectivity index (χ4v) is 3.58. The maximum absolute atomic E-state index is 11.1. The Morgan fingerprint density at radius 3 is 2.81 bits per heavy atom. The highest BCUT2D eigenvalue weighted by molar-refractivity contribution is 5.43. The topological polar surface area (TPSA) is 67.6 Å². The molecule has 2 aromatic carbocycles. The Morgan fingerprint density at radius 2 is 2.07 bits per heavy atom. The molecule has 0 bridgehead atoms. The molecular formula is C21H27N3O3. The molecule has 1 unspecified atom stereocenters. The summed E-state index contributed by atoms with van der Waals surface area (Å²) < 4.78 is 5.64. The van der Waals surface area contributed by atoms with Gasteiger partial charge in [0.05, 0.1) is 11.5 Å². The van der Waals surface area contributed by atoms with E-state index in [1.807, 2.05) is 13.0 Å². The summed E-state index contributed by atoms with van der Waals surface area (Å²) in [5, 5.41) is 14.7. The Kier molecular flexibility index (Phi) is 6.79. The third-order valence-corrected chi connectivity index (χ3v) is 4.89. The maximum Gasteiger partial charge on any atom is 0.270 e. The maximum atomic E-state index is 11.1. The van der Waals surface area contributed by atoms with Gasteiger partial charge in [-0.1, -0.05) is 30.3 Å². The molecule has 1 aliphatic rings. The molecule has 0 radical (unpaired) electrons. The molecule has 1 fully saturated rings. The smallest absolute Gasteiger partial charge is 0.270 e. The second-order valence-electron chi connectivity index (χ2n) is 6.92. The molecular weight excluding hydrogens is 342 g/mol. The van der Waals surface area contributed by atoms with Crippen LogP contribution in [-0.4, -0.2) is 35.6 Å². The van der Waals surface area contributed by atoms with Gasteiger partial charge in [-0.2, -0.15) is 0 Å². The summed E-state index contributed by atoms with van der Waals surface area (Å²) in [6.45, 7) is 6.07. The first-order chi connectivity index (χ1) is 13.2. The van der Waals surface area contributed by atoms with Gasteiger partial charge in [0, 0.05) is 43.4 Å². The first-order valence-corrected chi connectivity index (χ1v) is 9.55. The van der Waals surface area contributed by atoms with Gasteiger partial charge in [0.15, 0.2) is 0 Å². The van der Waals surface area contributed by atoms with Gasteiger partial charge in [0.2, 0.25) is 0 Å². The minimum atomic E-state index is -0.360. The molecule has 6 nitrogen and oxygen atoms in total. The largest absolute Gasteiger partial charge is 0.494 e. The van der Waals surface area contributed by atoms with E-state index in [4.69, 9.17) is 4.74 Å². The van der Waals surface area contributed by atoms with Crippen LogP contribution in [0.1, 0.15) is 30.9 Å². The summed E-state index contributed by atoms with van der Waals surface area (Å²) in [6.07, 6.45) is 2.27. The predicted molar refractivity (Wildman–Crippen MR) is 106 cm³/mol. The number of rotatable bonds is 8. The van der Waals surface area contributed by atoms with E-state index in [1.54, 1.807) is 12.1 Å². The number of benzene rings is 2. The average molecular weight is 369 g/mol. The molecule has 0 amide bonds. The number of nitro groups is 1. The van der Waals surface area contributed by atoms with Gasteiger partial charge < -0.3 is 10.1 Å². The number of hydrogen-bond donors (Lipinski definition) is 1. The van der Waals surface area contributed by atoms with Crippen molar-refractivity contribution in [3.05, 3.63) is 69.8 Å². The summed E-state index contributed by atoms with van der Waals surface area (Å²) in [7, 11) is 0. The van der Waals surface area contributed by atoms with Crippen LogP contribution >= 0.6 is 0 Å². The van der Waals surface area contributed by atoms with Crippen molar-refractivity contribution < 1.29 is 9.66 Å². The molecule has 1 N–H and O–H groups in total. The van der Waals surface area contributed by atoms with Gasteiger partial charge in [0.25, 0.3) is 5.69 Å². The van der Waals surface area contributed by atoms with E-state index >= 15 is 0 Å². The van der Waals surface area contributed by atoms with Crippen LogP contribution < -0.4 is 10.1 Å². The number of nitrogens with zero attached hydrogens (tertiary/aromatic N) is 2. The predicted octanol–water partition coefficient (Wildman–Crippen LogP) is 3.75. The highest BCUT2D eigenvalue weighted by atomic mass is 16.6. The zero-order valence-electron chi connectivity index (χ0n) is 15.8. The summed E-state index contributed by atoms with van der Waals surface area (Å²) in [6, 6.07) is 15.7. The summed E-state index contributed by atoms with van der Waals surface area (Å²) in [5.74, 6) is 0.715.